The minimum absolute atomic E-state index is 0.0314. The third-order valence-electron chi connectivity index (χ3n) is 13.0. The fourth-order valence-electron chi connectivity index (χ4n) is 10.6. The van der Waals surface area contributed by atoms with E-state index in [0.717, 1.165) is 51.2 Å². The summed E-state index contributed by atoms with van der Waals surface area (Å²) >= 11 is 0. The summed E-state index contributed by atoms with van der Waals surface area (Å²) in [5.74, 6) is 0.785. The monoisotopic (exact) mass is 560 g/mol. The number of rotatable bonds is 2. The molecule has 2 N–H and O–H groups in total. The molecule has 0 saturated heterocycles. The van der Waals surface area contributed by atoms with Crippen molar-refractivity contribution in [2.45, 2.75) is 112 Å². The number of ketones is 2. The number of hydrogen-bond donors (Lipinski definition) is 2. The summed E-state index contributed by atoms with van der Waals surface area (Å²) in [6, 6.07) is -0.691. The Balaban J connectivity index is 1.53. The molecule has 4 saturated carbocycles. The van der Waals surface area contributed by atoms with Crippen LogP contribution in [0.15, 0.2) is 11.6 Å². The molecular formula is C31H48N2O5S. The van der Waals surface area contributed by atoms with Gasteiger partial charge in [-0.05, 0) is 97.9 Å². The molecule has 5 aliphatic rings. The third kappa shape index (κ3) is 4.08. The Bertz CT molecular complexity index is 1270. The van der Waals surface area contributed by atoms with Gasteiger partial charge in [-0.25, -0.2) is 17.9 Å². The molecule has 5 rings (SSSR count). The lowest BCUT2D eigenvalue weighted by Gasteiger charge is -2.70. The summed E-state index contributed by atoms with van der Waals surface area (Å²) in [5, 5.41) is 2.97. The van der Waals surface area contributed by atoms with E-state index in [-0.39, 0.29) is 45.2 Å². The van der Waals surface area contributed by atoms with Crippen LogP contribution in [0, 0.1) is 44.8 Å². The number of urea groups is 1. The fourth-order valence-corrected chi connectivity index (χ4v) is 10.9. The van der Waals surface area contributed by atoms with Crippen LogP contribution in [0.5, 0.6) is 0 Å². The SMILES string of the molecule is CC1(C)C(=O)CC[C@]2(C)[C@H]3C(=O)C=C4[C@@H]5C[C@@](C)(NC(=O)NS(C)(=O)=O)CC[C@]5(C)CC[C@@]4(C)[C@]3(C)CC[C@@H]12. The van der Waals surface area contributed by atoms with Gasteiger partial charge in [-0.2, -0.15) is 0 Å². The van der Waals surface area contributed by atoms with Crippen LogP contribution in [0.1, 0.15) is 106 Å². The maximum atomic E-state index is 14.4. The molecule has 0 aromatic carbocycles. The van der Waals surface area contributed by atoms with E-state index in [1.807, 2.05) is 13.0 Å². The highest BCUT2D eigenvalue weighted by atomic mass is 32.2. The number of sulfonamides is 1. The largest absolute Gasteiger partial charge is 0.332 e. The first kappa shape index (κ1) is 28.8. The highest BCUT2D eigenvalue weighted by molar-refractivity contribution is 7.89. The molecule has 0 bridgehead atoms. The van der Waals surface area contributed by atoms with E-state index in [1.165, 1.54) is 5.57 Å². The van der Waals surface area contributed by atoms with E-state index >= 15 is 0 Å². The summed E-state index contributed by atoms with van der Waals surface area (Å²) in [4.78, 5) is 39.9. The Kier molecular flexibility index (Phi) is 6.22. The lowest BCUT2D eigenvalue weighted by atomic mass is 9.33. The standard InChI is InChI=1S/C31H48N2O5S/c1-26(2)22-9-12-31(7)24(29(22,5)11-10-23(26)35)21(34)17-19-20-18-28(4,32-25(36)33-39(8,37)38)15-13-27(20,3)14-16-30(19,31)6/h17,20,22,24H,9-16,18H2,1-8H3,(H2,32,33,36)/t20-,22-,24+,27+,28-,29-,30+,31+/m0/s1. The molecule has 0 aromatic heterocycles. The number of carbonyl (C=O) groups excluding carboxylic acids is 3. The van der Waals surface area contributed by atoms with Gasteiger partial charge in [-0.1, -0.05) is 47.1 Å². The lowest BCUT2D eigenvalue weighted by Crippen LogP contribution is -2.66. The molecule has 0 heterocycles. The first-order valence-corrected chi connectivity index (χ1v) is 16.7. The Morgan fingerprint density at radius 2 is 1.56 bits per heavy atom. The minimum atomic E-state index is -3.66. The van der Waals surface area contributed by atoms with Crippen molar-refractivity contribution < 1.29 is 22.8 Å². The maximum Gasteiger partial charge on any atom is 0.328 e. The maximum absolute atomic E-state index is 14.4. The molecule has 8 heteroatoms. The molecule has 4 fully saturated rings. The Hall–Kier alpha value is -1.70. The van der Waals surface area contributed by atoms with Crippen molar-refractivity contribution in [2.24, 2.45) is 44.8 Å². The van der Waals surface area contributed by atoms with Gasteiger partial charge in [-0.15, -0.1) is 0 Å². The molecule has 0 aliphatic heterocycles. The van der Waals surface area contributed by atoms with E-state index in [1.54, 1.807) is 0 Å². The van der Waals surface area contributed by atoms with Crippen molar-refractivity contribution in [3.8, 4) is 0 Å². The van der Waals surface area contributed by atoms with E-state index in [2.05, 4.69) is 51.6 Å². The van der Waals surface area contributed by atoms with Gasteiger partial charge in [0.2, 0.25) is 10.0 Å². The molecule has 0 radical (unpaired) electrons. The quantitative estimate of drug-likeness (QED) is 0.460. The molecule has 8 atom stereocenters. The van der Waals surface area contributed by atoms with E-state index < -0.39 is 27.0 Å². The highest BCUT2D eigenvalue weighted by Gasteiger charge is 2.70. The number of nitrogens with one attached hydrogen (secondary N) is 2. The number of fused-ring (bicyclic) bond motifs is 7. The topological polar surface area (TPSA) is 109 Å². The van der Waals surface area contributed by atoms with Crippen LogP contribution in [-0.2, 0) is 19.6 Å². The predicted octanol–water partition coefficient (Wildman–Crippen LogP) is 5.55. The number of Topliss-reactive ketones (excluding diaryl/α,β-unsaturated/α-hetero) is 1. The van der Waals surface area contributed by atoms with Crippen molar-refractivity contribution in [1.82, 2.24) is 10.0 Å². The Labute approximate surface area is 234 Å². The van der Waals surface area contributed by atoms with Crippen LogP contribution < -0.4 is 10.0 Å². The smallest absolute Gasteiger partial charge is 0.328 e. The Morgan fingerprint density at radius 3 is 2.21 bits per heavy atom. The van der Waals surface area contributed by atoms with Gasteiger partial charge < -0.3 is 5.32 Å². The molecule has 0 aromatic rings. The average Bonchev–Trinajstić information content (AvgIpc) is 2.78. The minimum Gasteiger partial charge on any atom is -0.332 e. The zero-order valence-corrected chi connectivity index (χ0v) is 25.9. The lowest BCUT2D eigenvalue weighted by molar-refractivity contribution is -0.187. The van der Waals surface area contributed by atoms with Crippen LogP contribution >= 0.6 is 0 Å². The number of amides is 2. The zero-order chi connectivity index (χ0) is 29.0. The summed E-state index contributed by atoms with van der Waals surface area (Å²) in [6.45, 7) is 15.6. The van der Waals surface area contributed by atoms with Gasteiger partial charge in [-0.3, -0.25) is 9.59 Å². The van der Waals surface area contributed by atoms with Gasteiger partial charge in [0.25, 0.3) is 0 Å². The summed E-state index contributed by atoms with van der Waals surface area (Å²) in [7, 11) is -3.66. The van der Waals surface area contributed by atoms with Crippen LogP contribution in [0.25, 0.3) is 0 Å². The van der Waals surface area contributed by atoms with Crippen molar-refractivity contribution in [3.05, 3.63) is 11.6 Å². The second kappa shape index (κ2) is 8.42. The van der Waals surface area contributed by atoms with Gasteiger partial charge >= 0.3 is 6.03 Å². The molecule has 2 amide bonds. The van der Waals surface area contributed by atoms with E-state index in [4.69, 9.17) is 0 Å². The number of hydrogen-bond acceptors (Lipinski definition) is 5. The third-order valence-corrected chi connectivity index (χ3v) is 13.6. The van der Waals surface area contributed by atoms with Crippen molar-refractivity contribution in [2.75, 3.05) is 6.26 Å². The van der Waals surface area contributed by atoms with Gasteiger partial charge in [0.1, 0.15) is 5.78 Å². The van der Waals surface area contributed by atoms with Crippen LogP contribution in [0.2, 0.25) is 0 Å². The van der Waals surface area contributed by atoms with Crippen molar-refractivity contribution in [1.29, 1.82) is 0 Å². The number of allylic oxidation sites excluding steroid dienone is 2. The summed E-state index contributed by atoms with van der Waals surface area (Å²) < 4.78 is 25.4. The molecule has 5 aliphatic carbocycles. The van der Waals surface area contributed by atoms with E-state index in [0.29, 0.717) is 18.6 Å². The van der Waals surface area contributed by atoms with Crippen LogP contribution in [0.4, 0.5) is 4.79 Å². The predicted molar refractivity (Wildman–Crippen MR) is 151 cm³/mol. The second-order valence-corrected chi connectivity index (χ2v) is 17.5. The normalized spacial score (nSPS) is 47.1. The molecule has 218 valence electrons. The van der Waals surface area contributed by atoms with Crippen LogP contribution in [0.3, 0.4) is 0 Å². The molecular weight excluding hydrogens is 512 g/mol. The van der Waals surface area contributed by atoms with Gasteiger partial charge in [0, 0.05) is 23.3 Å². The first-order valence-electron chi connectivity index (χ1n) is 14.8. The Morgan fingerprint density at radius 1 is 0.923 bits per heavy atom. The van der Waals surface area contributed by atoms with E-state index in [9.17, 15) is 22.8 Å². The molecule has 7 nitrogen and oxygen atoms in total. The van der Waals surface area contributed by atoms with Crippen molar-refractivity contribution in [3.63, 3.8) is 0 Å². The van der Waals surface area contributed by atoms with Crippen molar-refractivity contribution >= 4 is 27.6 Å². The number of carbonyl (C=O) groups is 3. The van der Waals surface area contributed by atoms with Gasteiger partial charge in [0.05, 0.1) is 6.26 Å². The highest BCUT2D eigenvalue weighted by Crippen LogP contribution is 2.74. The molecule has 39 heavy (non-hydrogen) atoms. The fraction of sp³-hybridized carbons (Fsp3) is 0.839. The summed E-state index contributed by atoms with van der Waals surface area (Å²) in [6.07, 6.45) is 10.7. The van der Waals surface area contributed by atoms with Gasteiger partial charge in [0.15, 0.2) is 5.78 Å². The zero-order valence-electron chi connectivity index (χ0n) is 25.1. The van der Waals surface area contributed by atoms with Crippen LogP contribution in [-0.4, -0.2) is 37.8 Å². The molecule has 0 spiro atoms. The first-order chi connectivity index (χ1) is 17.7. The second-order valence-electron chi connectivity index (χ2n) is 15.7. The summed E-state index contributed by atoms with van der Waals surface area (Å²) in [5.41, 5.74) is -0.271. The molecule has 0 unspecified atom stereocenters. The average molecular weight is 561 g/mol.